The van der Waals surface area contributed by atoms with Crippen LogP contribution < -0.4 is 5.32 Å². The van der Waals surface area contributed by atoms with E-state index in [9.17, 15) is 14.4 Å². The van der Waals surface area contributed by atoms with E-state index in [0.717, 1.165) is 18.4 Å². The summed E-state index contributed by atoms with van der Waals surface area (Å²) in [5.74, 6) is -1.07. The molecule has 7 nitrogen and oxygen atoms in total. The molecule has 0 spiro atoms. The molecule has 1 aromatic carbocycles. The zero-order valence-corrected chi connectivity index (χ0v) is 17.2. The molecule has 1 aromatic heterocycles. The number of hydrogen-bond acceptors (Lipinski definition) is 4. The van der Waals surface area contributed by atoms with Gasteiger partial charge >= 0.3 is 11.8 Å². The number of rotatable bonds is 3. The van der Waals surface area contributed by atoms with Crippen molar-refractivity contribution in [3.05, 3.63) is 59.0 Å². The van der Waals surface area contributed by atoms with Gasteiger partial charge in [0.1, 0.15) is 0 Å². The lowest BCUT2D eigenvalue weighted by atomic mass is 9.89. The molecule has 3 amide bonds. The fourth-order valence-corrected chi connectivity index (χ4v) is 4.18. The molecule has 1 aliphatic heterocycles. The lowest BCUT2D eigenvalue weighted by molar-refractivity contribution is -0.147. The maximum atomic E-state index is 12.6. The largest absolute Gasteiger partial charge is 0.459 e. The predicted molar refractivity (Wildman–Crippen MR) is 111 cm³/mol. The van der Waals surface area contributed by atoms with Crippen molar-refractivity contribution in [2.75, 3.05) is 26.2 Å². The van der Waals surface area contributed by atoms with Crippen molar-refractivity contribution in [3.63, 3.8) is 0 Å². The summed E-state index contributed by atoms with van der Waals surface area (Å²) in [6, 6.07) is 9.39. The highest BCUT2D eigenvalue weighted by atomic mass is 16.3. The van der Waals surface area contributed by atoms with Crippen LogP contribution in [0, 0.1) is 0 Å². The Bertz CT molecular complexity index is 930. The molecule has 2 aliphatic rings. The van der Waals surface area contributed by atoms with E-state index in [1.807, 2.05) is 13.0 Å². The number of nitrogens with zero attached hydrogens (tertiary/aromatic N) is 2. The van der Waals surface area contributed by atoms with Crippen LogP contribution in [-0.4, -0.2) is 53.7 Å². The summed E-state index contributed by atoms with van der Waals surface area (Å²) in [6.45, 7) is 3.30. The van der Waals surface area contributed by atoms with E-state index in [2.05, 4.69) is 17.4 Å². The Balaban J connectivity index is 1.31. The van der Waals surface area contributed by atoms with Gasteiger partial charge in [-0.15, -0.1) is 0 Å². The smallest absolute Gasteiger partial charge is 0.312 e. The summed E-state index contributed by atoms with van der Waals surface area (Å²) in [5, 5.41) is 2.83. The van der Waals surface area contributed by atoms with Crippen molar-refractivity contribution >= 4 is 17.7 Å². The topological polar surface area (TPSA) is 82.9 Å². The molecule has 7 heteroatoms. The number of fused-ring (bicyclic) bond motifs is 1. The molecule has 1 unspecified atom stereocenters. The highest BCUT2D eigenvalue weighted by Crippen LogP contribution is 2.24. The Morgan fingerprint density at radius 2 is 1.67 bits per heavy atom. The van der Waals surface area contributed by atoms with Gasteiger partial charge in [-0.1, -0.05) is 18.2 Å². The van der Waals surface area contributed by atoms with Gasteiger partial charge in [0.25, 0.3) is 5.91 Å². The maximum Gasteiger partial charge on any atom is 0.312 e. The Morgan fingerprint density at radius 1 is 0.967 bits per heavy atom. The number of nitrogens with one attached hydrogen (secondary N) is 1. The number of carbonyl (C=O) groups is 3. The number of carbonyl (C=O) groups excluding carboxylic acids is 3. The second-order valence-electron chi connectivity index (χ2n) is 7.99. The third-order valence-corrected chi connectivity index (χ3v) is 6.00. The molecule has 2 aromatic rings. The van der Waals surface area contributed by atoms with Crippen LogP contribution in [0.25, 0.3) is 0 Å². The van der Waals surface area contributed by atoms with Gasteiger partial charge in [0.15, 0.2) is 5.76 Å². The van der Waals surface area contributed by atoms with E-state index < -0.39 is 11.8 Å². The van der Waals surface area contributed by atoms with E-state index in [0.29, 0.717) is 26.2 Å². The summed E-state index contributed by atoms with van der Waals surface area (Å²) in [4.78, 5) is 40.6. The zero-order chi connectivity index (χ0) is 21.1. The van der Waals surface area contributed by atoms with Crippen LogP contribution in [-0.2, 0) is 22.4 Å². The Labute approximate surface area is 176 Å². The van der Waals surface area contributed by atoms with E-state index >= 15 is 0 Å². The van der Waals surface area contributed by atoms with Crippen molar-refractivity contribution in [2.45, 2.75) is 38.6 Å². The first kappa shape index (κ1) is 20.2. The van der Waals surface area contributed by atoms with E-state index in [1.54, 1.807) is 17.0 Å². The van der Waals surface area contributed by atoms with Crippen molar-refractivity contribution in [1.82, 2.24) is 15.1 Å². The number of amides is 3. The summed E-state index contributed by atoms with van der Waals surface area (Å²) in [7, 11) is 0. The lowest BCUT2D eigenvalue weighted by Crippen LogP contribution is -2.54. The molecule has 30 heavy (non-hydrogen) atoms. The number of furan rings is 1. The van der Waals surface area contributed by atoms with Crippen LogP contribution in [0.3, 0.4) is 0 Å². The summed E-state index contributed by atoms with van der Waals surface area (Å²) in [6.07, 6.45) is 6.08. The molecular formula is C23H27N3O4. The summed E-state index contributed by atoms with van der Waals surface area (Å²) >= 11 is 0. The number of hydrogen-bond donors (Lipinski definition) is 1. The van der Waals surface area contributed by atoms with Crippen LogP contribution in [0.2, 0.25) is 0 Å². The second-order valence-corrected chi connectivity index (χ2v) is 7.99. The predicted octanol–water partition coefficient (Wildman–Crippen LogP) is 2.32. The van der Waals surface area contributed by atoms with Gasteiger partial charge in [0.2, 0.25) is 0 Å². The molecule has 0 saturated carbocycles. The van der Waals surface area contributed by atoms with Crippen molar-refractivity contribution in [1.29, 1.82) is 0 Å². The van der Waals surface area contributed by atoms with E-state index in [4.69, 9.17) is 4.42 Å². The minimum Gasteiger partial charge on any atom is -0.459 e. The van der Waals surface area contributed by atoms with Crippen molar-refractivity contribution < 1.29 is 18.8 Å². The second kappa shape index (κ2) is 8.73. The van der Waals surface area contributed by atoms with E-state index in [-0.39, 0.29) is 17.7 Å². The first-order valence-electron chi connectivity index (χ1n) is 10.6. The fraction of sp³-hybridized carbons (Fsp3) is 0.435. The molecule has 1 aliphatic carbocycles. The SMILES string of the molecule is CC(NC(=O)C(=O)N1CCN(C(=O)c2ccco2)CC1)c1ccc2c(c1)CCCC2. The third-order valence-electron chi connectivity index (χ3n) is 6.00. The van der Waals surface area contributed by atoms with Crippen LogP contribution in [0.15, 0.2) is 41.0 Å². The summed E-state index contributed by atoms with van der Waals surface area (Å²) < 4.78 is 5.15. The average molecular weight is 409 g/mol. The molecule has 0 radical (unpaired) electrons. The highest BCUT2D eigenvalue weighted by Gasteiger charge is 2.29. The highest BCUT2D eigenvalue weighted by molar-refractivity contribution is 6.35. The molecule has 1 atom stereocenters. The normalized spacial score (nSPS) is 17.2. The van der Waals surface area contributed by atoms with Gasteiger partial charge in [-0.2, -0.15) is 0 Å². The standard InChI is InChI=1S/C23H27N3O4/c1-16(18-9-8-17-5-2-3-6-19(17)15-18)24-21(27)23(29)26-12-10-25(11-13-26)22(28)20-7-4-14-30-20/h4,7-9,14-16H,2-3,5-6,10-13H2,1H3,(H,24,27). The van der Waals surface area contributed by atoms with Crippen LogP contribution in [0.1, 0.15) is 53.1 Å². The molecule has 158 valence electrons. The van der Waals surface area contributed by atoms with Gasteiger partial charge in [0, 0.05) is 26.2 Å². The zero-order valence-electron chi connectivity index (χ0n) is 17.2. The molecule has 2 heterocycles. The first-order valence-corrected chi connectivity index (χ1v) is 10.6. The van der Waals surface area contributed by atoms with Crippen molar-refractivity contribution in [2.24, 2.45) is 0 Å². The Kier molecular flexibility index (Phi) is 5.88. The van der Waals surface area contributed by atoms with Gasteiger partial charge < -0.3 is 19.5 Å². The quantitative estimate of drug-likeness (QED) is 0.789. The first-order chi connectivity index (χ1) is 14.5. The number of piperazine rings is 1. The molecule has 1 fully saturated rings. The van der Waals surface area contributed by atoms with Crippen molar-refractivity contribution in [3.8, 4) is 0 Å². The van der Waals surface area contributed by atoms with Crippen LogP contribution >= 0.6 is 0 Å². The van der Waals surface area contributed by atoms with Gasteiger partial charge in [0.05, 0.1) is 12.3 Å². The Morgan fingerprint density at radius 3 is 2.37 bits per heavy atom. The minimum absolute atomic E-state index is 0.197. The van der Waals surface area contributed by atoms with Crippen LogP contribution in [0.5, 0.6) is 0 Å². The number of aryl methyl sites for hydroxylation is 2. The fourth-order valence-electron chi connectivity index (χ4n) is 4.18. The van der Waals surface area contributed by atoms with Crippen LogP contribution in [0.4, 0.5) is 0 Å². The summed E-state index contributed by atoms with van der Waals surface area (Å²) in [5.41, 5.74) is 3.76. The third kappa shape index (κ3) is 4.25. The molecule has 1 N–H and O–H groups in total. The molecular weight excluding hydrogens is 382 g/mol. The lowest BCUT2D eigenvalue weighted by Gasteiger charge is -2.34. The van der Waals surface area contributed by atoms with Gasteiger partial charge in [-0.05, 0) is 61.4 Å². The van der Waals surface area contributed by atoms with E-state index in [1.165, 1.54) is 35.1 Å². The van der Waals surface area contributed by atoms with Gasteiger partial charge in [-0.3, -0.25) is 14.4 Å². The monoisotopic (exact) mass is 409 g/mol. The molecule has 0 bridgehead atoms. The number of benzene rings is 1. The minimum atomic E-state index is -0.606. The van der Waals surface area contributed by atoms with Gasteiger partial charge in [-0.25, -0.2) is 0 Å². The average Bonchev–Trinajstić information content (AvgIpc) is 3.32. The molecule has 4 rings (SSSR count). The Hall–Kier alpha value is -3.09. The maximum absolute atomic E-state index is 12.6. The molecule has 1 saturated heterocycles.